The van der Waals surface area contributed by atoms with Gasteiger partial charge in [0.2, 0.25) is 0 Å². The molecule has 0 aliphatic heterocycles. The second-order valence-corrected chi connectivity index (χ2v) is 5.99. The molecule has 1 aromatic carbocycles. The molecule has 0 saturated carbocycles. The lowest BCUT2D eigenvalue weighted by atomic mass is 10.1. The third-order valence-corrected chi connectivity index (χ3v) is 3.87. The fraction of sp³-hybridized carbons (Fsp3) is 0.316. The second-order valence-electron chi connectivity index (χ2n) is 5.99. The van der Waals surface area contributed by atoms with E-state index in [9.17, 15) is 9.59 Å². The van der Waals surface area contributed by atoms with Gasteiger partial charge in [-0.05, 0) is 39.3 Å². The number of rotatable bonds is 5. The summed E-state index contributed by atoms with van der Waals surface area (Å²) in [7, 11) is 1.80. The normalized spacial score (nSPS) is 12.2. The van der Waals surface area contributed by atoms with Gasteiger partial charge in [-0.1, -0.05) is 29.8 Å². The molecule has 132 valence electrons. The Labute approximate surface area is 147 Å². The summed E-state index contributed by atoms with van der Waals surface area (Å²) in [6.45, 7) is 7.18. The maximum atomic E-state index is 12.2. The standard InChI is InChI=1S/C19H23N3O3/c1-12-7-6-8-16(11-12)9-10-17(23)25-15(4)19(24)20-18-13(2)21-22(5)14(18)3/h6-11,15H,1-5H3,(H,20,24)/b10-9+/t15-/m1/s1. The lowest BCUT2D eigenvalue weighted by molar-refractivity contribution is -0.148. The Morgan fingerprint density at radius 3 is 2.60 bits per heavy atom. The number of carbonyl (C=O) groups is 2. The third-order valence-electron chi connectivity index (χ3n) is 3.87. The fourth-order valence-electron chi connectivity index (χ4n) is 2.38. The third kappa shape index (κ3) is 4.79. The van der Waals surface area contributed by atoms with Crippen LogP contribution in [0.15, 0.2) is 30.3 Å². The molecular formula is C19H23N3O3. The molecular weight excluding hydrogens is 318 g/mol. The van der Waals surface area contributed by atoms with Crippen LogP contribution in [0.25, 0.3) is 6.08 Å². The van der Waals surface area contributed by atoms with Crippen molar-refractivity contribution in [3.63, 3.8) is 0 Å². The second kappa shape index (κ2) is 7.79. The van der Waals surface area contributed by atoms with Crippen LogP contribution in [0.2, 0.25) is 0 Å². The van der Waals surface area contributed by atoms with Crippen molar-refractivity contribution in [2.24, 2.45) is 7.05 Å². The zero-order valence-corrected chi connectivity index (χ0v) is 15.2. The lowest BCUT2D eigenvalue weighted by Gasteiger charge is -2.12. The average Bonchev–Trinajstić information content (AvgIpc) is 2.79. The van der Waals surface area contributed by atoms with E-state index in [0.29, 0.717) is 11.4 Å². The molecule has 6 heteroatoms. The van der Waals surface area contributed by atoms with Crippen LogP contribution >= 0.6 is 0 Å². The van der Waals surface area contributed by atoms with Gasteiger partial charge in [-0.25, -0.2) is 4.79 Å². The first-order valence-electron chi connectivity index (χ1n) is 8.04. The molecule has 0 bridgehead atoms. The highest BCUT2D eigenvalue weighted by Gasteiger charge is 2.20. The van der Waals surface area contributed by atoms with Crippen LogP contribution in [-0.4, -0.2) is 27.8 Å². The minimum absolute atomic E-state index is 0.392. The summed E-state index contributed by atoms with van der Waals surface area (Å²) in [4.78, 5) is 24.1. The van der Waals surface area contributed by atoms with Gasteiger partial charge in [0.25, 0.3) is 5.91 Å². The van der Waals surface area contributed by atoms with Gasteiger partial charge in [0.1, 0.15) is 0 Å². The first kappa shape index (κ1) is 18.4. The molecule has 1 amide bonds. The molecule has 0 fully saturated rings. The van der Waals surface area contributed by atoms with Crippen molar-refractivity contribution in [3.8, 4) is 0 Å². The summed E-state index contributed by atoms with van der Waals surface area (Å²) in [6.07, 6.45) is 2.07. The number of aromatic nitrogens is 2. The van der Waals surface area contributed by atoms with Gasteiger partial charge in [0, 0.05) is 13.1 Å². The van der Waals surface area contributed by atoms with Crippen LogP contribution in [0, 0.1) is 20.8 Å². The van der Waals surface area contributed by atoms with Gasteiger partial charge < -0.3 is 10.1 Å². The predicted octanol–water partition coefficient (Wildman–Crippen LogP) is 2.93. The van der Waals surface area contributed by atoms with Crippen LogP contribution in [0.3, 0.4) is 0 Å². The SMILES string of the molecule is Cc1cccc(/C=C/C(=O)O[C@H](C)C(=O)Nc2c(C)nn(C)c2C)c1. The van der Waals surface area contributed by atoms with Crippen LogP contribution in [0.4, 0.5) is 5.69 Å². The van der Waals surface area contributed by atoms with E-state index in [-0.39, 0.29) is 0 Å². The number of ether oxygens (including phenoxy) is 1. The molecule has 0 aliphatic rings. The van der Waals surface area contributed by atoms with Crippen molar-refractivity contribution >= 4 is 23.6 Å². The van der Waals surface area contributed by atoms with Crippen molar-refractivity contribution in [2.75, 3.05) is 5.32 Å². The lowest BCUT2D eigenvalue weighted by Crippen LogP contribution is -2.29. The van der Waals surface area contributed by atoms with Crippen molar-refractivity contribution in [2.45, 2.75) is 33.8 Å². The molecule has 0 saturated heterocycles. The molecule has 1 N–H and O–H groups in total. The zero-order chi connectivity index (χ0) is 18.6. The van der Waals surface area contributed by atoms with E-state index in [1.54, 1.807) is 17.8 Å². The van der Waals surface area contributed by atoms with Crippen molar-refractivity contribution in [1.82, 2.24) is 9.78 Å². The molecule has 0 spiro atoms. The Bertz CT molecular complexity index is 821. The number of esters is 1. The first-order valence-corrected chi connectivity index (χ1v) is 8.04. The molecule has 1 aromatic heterocycles. The number of amides is 1. The number of hydrogen-bond acceptors (Lipinski definition) is 4. The largest absolute Gasteiger partial charge is 0.449 e. The van der Waals surface area contributed by atoms with Crippen molar-refractivity contribution in [3.05, 3.63) is 52.9 Å². The quantitative estimate of drug-likeness (QED) is 0.670. The minimum Gasteiger partial charge on any atom is -0.449 e. The highest BCUT2D eigenvalue weighted by molar-refractivity contribution is 5.97. The van der Waals surface area contributed by atoms with Gasteiger partial charge in [-0.3, -0.25) is 9.48 Å². The van der Waals surface area contributed by atoms with Crippen molar-refractivity contribution < 1.29 is 14.3 Å². The molecule has 1 atom stereocenters. The van der Waals surface area contributed by atoms with E-state index in [0.717, 1.165) is 16.8 Å². The first-order chi connectivity index (χ1) is 11.8. The Hall–Kier alpha value is -2.89. The van der Waals surface area contributed by atoms with Crippen LogP contribution in [0.5, 0.6) is 0 Å². The Balaban J connectivity index is 1.95. The fourth-order valence-corrected chi connectivity index (χ4v) is 2.38. The topological polar surface area (TPSA) is 73.2 Å². The molecule has 0 radical (unpaired) electrons. The van der Waals surface area contributed by atoms with Crippen molar-refractivity contribution in [1.29, 1.82) is 0 Å². The van der Waals surface area contributed by atoms with Gasteiger partial charge in [-0.15, -0.1) is 0 Å². The number of hydrogen-bond donors (Lipinski definition) is 1. The van der Waals surface area contributed by atoms with Gasteiger partial charge >= 0.3 is 5.97 Å². The maximum absolute atomic E-state index is 12.2. The predicted molar refractivity (Wildman–Crippen MR) is 97.1 cm³/mol. The van der Waals surface area contributed by atoms with E-state index >= 15 is 0 Å². The smallest absolute Gasteiger partial charge is 0.331 e. The number of nitrogens with zero attached hydrogens (tertiary/aromatic N) is 2. The van der Waals surface area contributed by atoms with E-state index in [2.05, 4.69) is 10.4 Å². The number of anilines is 1. The van der Waals surface area contributed by atoms with E-state index in [1.807, 2.05) is 45.0 Å². The molecule has 2 aromatic rings. The molecule has 0 aliphatic carbocycles. The summed E-state index contributed by atoms with van der Waals surface area (Å²) < 4.78 is 6.84. The summed E-state index contributed by atoms with van der Waals surface area (Å²) in [5, 5.41) is 7.00. The number of carbonyl (C=O) groups excluding carboxylic acids is 2. The minimum atomic E-state index is -0.909. The van der Waals surface area contributed by atoms with Gasteiger partial charge in [0.05, 0.1) is 17.1 Å². The number of benzene rings is 1. The molecule has 2 rings (SSSR count). The molecule has 1 heterocycles. The van der Waals surface area contributed by atoms with E-state index in [1.165, 1.54) is 13.0 Å². The van der Waals surface area contributed by atoms with Crippen LogP contribution in [-0.2, 0) is 21.4 Å². The Morgan fingerprint density at radius 1 is 1.28 bits per heavy atom. The summed E-state index contributed by atoms with van der Waals surface area (Å²) in [5.41, 5.74) is 4.20. The maximum Gasteiger partial charge on any atom is 0.331 e. The number of nitrogens with one attached hydrogen (secondary N) is 1. The number of aryl methyl sites for hydroxylation is 3. The zero-order valence-electron chi connectivity index (χ0n) is 15.2. The summed E-state index contributed by atoms with van der Waals surface area (Å²) in [5.74, 6) is -0.958. The molecule has 25 heavy (non-hydrogen) atoms. The van der Waals surface area contributed by atoms with Gasteiger partial charge in [-0.2, -0.15) is 5.10 Å². The summed E-state index contributed by atoms with van der Waals surface area (Å²) >= 11 is 0. The Morgan fingerprint density at radius 2 is 2.00 bits per heavy atom. The Kier molecular flexibility index (Phi) is 5.75. The van der Waals surface area contributed by atoms with E-state index in [4.69, 9.17) is 4.74 Å². The van der Waals surface area contributed by atoms with E-state index < -0.39 is 18.0 Å². The van der Waals surface area contributed by atoms with Crippen LogP contribution in [0.1, 0.15) is 29.4 Å². The summed E-state index contributed by atoms with van der Waals surface area (Å²) in [6, 6.07) is 7.73. The molecule has 0 unspecified atom stereocenters. The monoisotopic (exact) mass is 341 g/mol. The average molecular weight is 341 g/mol. The highest BCUT2D eigenvalue weighted by Crippen LogP contribution is 2.18. The van der Waals surface area contributed by atoms with Gasteiger partial charge in [0.15, 0.2) is 6.10 Å². The highest BCUT2D eigenvalue weighted by atomic mass is 16.5. The molecule has 6 nitrogen and oxygen atoms in total. The van der Waals surface area contributed by atoms with Crippen LogP contribution < -0.4 is 5.32 Å².